The van der Waals surface area contributed by atoms with E-state index < -0.39 is 0 Å². The molecular formula is C23H25ClN4O. The van der Waals surface area contributed by atoms with Crippen molar-refractivity contribution in [3.05, 3.63) is 65.2 Å². The van der Waals surface area contributed by atoms with Crippen molar-refractivity contribution in [1.82, 2.24) is 10.3 Å². The van der Waals surface area contributed by atoms with Crippen LogP contribution in [-0.2, 0) is 0 Å². The molecule has 1 saturated carbocycles. The molecule has 1 fully saturated rings. The van der Waals surface area contributed by atoms with Crippen LogP contribution in [0.4, 0.5) is 16.3 Å². The molecule has 4 rings (SSSR count). The fourth-order valence-electron chi connectivity index (χ4n) is 3.93. The molecule has 3 N–H and O–H groups in total. The highest BCUT2D eigenvalue weighted by atomic mass is 35.5. The monoisotopic (exact) mass is 408 g/mol. The normalized spacial score (nSPS) is 19.0. The molecule has 6 heteroatoms. The minimum absolute atomic E-state index is 0.179. The van der Waals surface area contributed by atoms with E-state index in [-0.39, 0.29) is 12.1 Å². The Hall–Kier alpha value is -2.79. The van der Waals surface area contributed by atoms with Crippen molar-refractivity contribution < 1.29 is 4.79 Å². The number of carbonyl (C=O) groups excluding carboxylic acids is 1. The van der Waals surface area contributed by atoms with E-state index in [1.807, 2.05) is 30.3 Å². The van der Waals surface area contributed by atoms with Crippen molar-refractivity contribution in [3.8, 4) is 0 Å². The van der Waals surface area contributed by atoms with Gasteiger partial charge in [0.2, 0.25) is 0 Å². The first-order valence-corrected chi connectivity index (χ1v) is 10.4. The van der Waals surface area contributed by atoms with Crippen LogP contribution >= 0.6 is 11.6 Å². The van der Waals surface area contributed by atoms with Crippen LogP contribution in [0.15, 0.2) is 54.6 Å². The van der Waals surface area contributed by atoms with Crippen molar-refractivity contribution in [2.24, 2.45) is 0 Å². The van der Waals surface area contributed by atoms with E-state index in [0.717, 1.165) is 37.0 Å². The van der Waals surface area contributed by atoms with Gasteiger partial charge in [0.1, 0.15) is 5.82 Å². The summed E-state index contributed by atoms with van der Waals surface area (Å²) < 4.78 is 0. The average molecular weight is 409 g/mol. The molecule has 150 valence electrons. The summed E-state index contributed by atoms with van der Waals surface area (Å²) in [5.41, 5.74) is 2.94. The second kappa shape index (κ2) is 8.70. The number of aromatic nitrogens is 1. The second-order valence-electron chi connectivity index (χ2n) is 7.64. The average Bonchev–Trinajstić information content (AvgIpc) is 2.69. The lowest BCUT2D eigenvalue weighted by atomic mass is 9.91. The second-order valence-corrected chi connectivity index (χ2v) is 8.08. The van der Waals surface area contributed by atoms with Crippen LogP contribution in [0.3, 0.4) is 0 Å². The predicted octanol–water partition coefficient (Wildman–Crippen LogP) is 5.74. The molecule has 0 radical (unpaired) electrons. The molecule has 0 spiro atoms. The number of benzene rings is 2. The lowest BCUT2D eigenvalue weighted by Gasteiger charge is -2.30. The Kier molecular flexibility index (Phi) is 5.86. The summed E-state index contributed by atoms with van der Waals surface area (Å²) >= 11 is 5.96. The number of anilines is 2. The first kappa shape index (κ1) is 19.5. The summed E-state index contributed by atoms with van der Waals surface area (Å²) in [6, 6.07) is 17.9. The van der Waals surface area contributed by atoms with Crippen molar-refractivity contribution in [2.45, 2.75) is 44.7 Å². The number of pyridine rings is 1. The van der Waals surface area contributed by atoms with Crippen LogP contribution < -0.4 is 16.0 Å². The maximum absolute atomic E-state index is 12.2. The summed E-state index contributed by atoms with van der Waals surface area (Å²) in [4.78, 5) is 17.0. The Morgan fingerprint density at radius 1 is 1.00 bits per heavy atom. The number of hydrogen-bond donors (Lipinski definition) is 3. The van der Waals surface area contributed by atoms with E-state index in [2.05, 4.69) is 35.0 Å². The molecule has 1 aromatic heterocycles. The lowest BCUT2D eigenvalue weighted by molar-refractivity contribution is 0.243. The van der Waals surface area contributed by atoms with Gasteiger partial charge in [-0.15, -0.1) is 0 Å². The number of carbonyl (C=O) groups is 1. The highest BCUT2D eigenvalue weighted by molar-refractivity contribution is 6.30. The summed E-state index contributed by atoms with van der Waals surface area (Å²) in [7, 11) is 0. The molecule has 0 atom stereocenters. The quantitative estimate of drug-likeness (QED) is 0.515. The number of halogens is 1. The first-order valence-electron chi connectivity index (χ1n) is 10.0. The van der Waals surface area contributed by atoms with E-state index in [1.54, 1.807) is 12.1 Å². The van der Waals surface area contributed by atoms with Crippen LogP contribution in [0.25, 0.3) is 10.9 Å². The van der Waals surface area contributed by atoms with E-state index in [1.165, 1.54) is 10.9 Å². The van der Waals surface area contributed by atoms with Crippen LogP contribution in [-0.4, -0.2) is 23.1 Å². The number of nitrogens with one attached hydrogen (secondary N) is 3. The van der Waals surface area contributed by atoms with Gasteiger partial charge in [0.05, 0.1) is 5.52 Å². The fourth-order valence-corrected chi connectivity index (χ4v) is 4.12. The van der Waals surface area contributed by atoms with Gasteiger partial charge >= 0.3 is 6.03 Å². The molecule has 29 heavy (non-hydrogen) atoms. The summed E-state index contributed by atoms with van der Waals surface area (Å²) in [5.74, 6) is 0.927. The highest BCUT2D eigenvalue weighted by Crippen LogP contribution is 2.25. The van der Waals surface area contributed by atoms with Crippen molar-refractivity contribution in [3.63, 3.8) is 0 Å². The smallest absolute Gasteiger partial charge is 0.319 e. The molecule has 0 aliphatic heterocycles. The van der Waals surface area contributed by atoms with Crippen LogP contribution in [0, 0.1) is 6.92 Å². The van der Waals surface area contributed by atoms with Crippen molar-refractivity contribution >= 4 is 40.0 Å². The number of urea groups is 1. The van der Waals surface area contributed by atoms with Crippen molar-refractivity contribution in [1.29, 1.82) is 0 Å². The summed E-state index contributed by atoms with van der Waals surface area (Å²) in [6.45, 7) is 2.12. The van der Waals surface area contributed by atoms with Crippen LogP contribution in [0.1, 0.15) is 31.2 Å². The maximum Gasteiger partial charge on any atom is 0.319 e. The lowest BCUT2D eigenvalue weighted by Crippen LogP contribution is -2.42. The zero-order valence-corrected chi connectivity index (χ0v) is 17.2. The molecule has 2 aromatic carbocycles. The van der Waals surface area contributed by atoms with E-state index in [0.29, 0.717) is 16.8 Å². The van der Waals surface area contributed by atoms with Crippen LogP contribution in [0.2, 0.25) is 5.02 Å². The summed E-state index contributed by atoms with van der Waals surface area (Å²) in [5, 5.41) is 11.3. The topological polar surface area (TPSA) is 66.0 Å². The molecule has 3 aromatic rings. The minimum Gasteiger partial charge on any atom is -0.367 e. The zero-order chi connectivity index (χ0) is 20.2. The summed E-state index contributed by atoms with van der Waals surface area (Å²) in [6.07, 6.45) is 3.87. The SMILES string of the molecule is Cc1cc(NC2CCC(NC(=O)Nc3cccc(Cl)c3)CC2)nc2ccccc12. The van der Waals surface area contributed by atoms with Gasteiger partial charge in [0.15, 0.2) is 0 Å². The molecule has 2 amide bonds. The Bertz CT molecular complexity index is 1010. The Morgan fingerprint density at radius 3 is 2.55 bits per heavy atom. The number of hydrogen-bond acceptors (Lipinski definition) is 3. The van der Waals surface area contributed by atoms with Crippen LogP contribution in [0.5, 0.6) is 0 Å². The zero-order valence-electron chi connectivity index (χ0n) is 16.4. The van der Waals surface area contributed by atoms with E-state index in [4.69, 9.17) is 16.6 Å². The fraction of sp³-hybridized carbons (Fsp3) is 0.304. The third-order valence-electron chi connectivity index (χ3n) is 5.42. The third-order valence-corrected chi connectivity index (χ3v) is 5.66. The van der Waals surface area contributed by atoms with E-state index >= 15 is 0 Å². The van der Waals surface area contributed by atoms with Gasteiger partial charge in [-0.3, -0.25) is 0 Å². The minimum atomic E-state index is -0.185. The van der Waals surface area contributed by atoms with Gasteiger partial charge in [-0.25, -0.2) is 9.78 Å². The predicted molar refractivity (Wildman–Crippen MR) is 120 cm³/mol. The number of amides is 2. The molecule has 1 heterocycles. The van der Waals surface area contributed by atoms with Gasteiger partial charge in [0, 0.05) is 28.2 Å². The molecule has 1 aliphatic rings. The third kappa shape index (κ3) is 4.98. The van der Waals surface area contributed by atoms with Gasteiger partial charge < -0.3 is 16.0 Å². The largest absolute Gasteiger partial charge is 0.367 e. The number of fused-ring (bicyclic) bond motifs is 1. The van der Waals surface area contributed by atoms with Gasteiger partial charge in [-0.2, -0.15) is 0 Å². The number of nitrogens with zero attached hydrogens (tertiary/aromatic N) is 1. The van der Waals surface area contributed by atoms with Gasteiger partial charge in [0.25, 0.3) is 0 Å². The van der Waals surface area contributed by atoms with Gasteiger partial charge in [-0.1, -0.05) is 35.9 Å². The molecule has 0 unspecified atom stereocenters. The standard InChI is InChI=1S/C23H25ClN4O/c1-15-13-22(28-21-8-3-2-7-20(15)21)25-17-9-11-18(12-10-17)26-23(29)27-19-6-4-5-16(24)14-19/h2-8,13-14,17-18H,9-12H2,1H3,(H,25,28)(H2,26,27,29). The first-order chi connectivity index (χ1) is 14.1. The number of aryl methyl sites for hydroxylation is 1. The maximum atomic E-state index is 12.2. The number of para-hydroxylation sites is 1. The molecule has 0 bridgehead atoms. The van der Waals surface area contributed by atoms with E-state index in [9.17, 15) is 4.79 Å². The molecule has 0 saturated heterocycles. The molecule has 5 nitrogen and oxygen atoms in total. The highest BCUT2D eigenvalue weighted by Gasteiger charge is 2.23. The Balaban J connectivity index is 1.29. The molecular weight excluding hydrogens is 384 g/mol. The molecule has 1 aliphatic carbocycles. The number of rotatable bonds is 4. The Morgan fingerprint density at radius 2 is 1.76 bits per heavy atom. The van der Waals surface area contributed by atoms with Gasteiger partial charge in [-0.05, 0) is 68.5 Å². The Labute approximate surface area is 175 Å². The van der Waals surface area contributed by atoms with Crippen molar-refractivity contribution in [2.75, 3.05) is 10.6 Å².